The van der Waals surface area contributed by atoms with Crippen LogP contribution in [-0.4, -0.2) is 26.1 Å². The quantitative estimate of drug-likeness (QED) is 0.635. The molecular weight excluding hydrogens is 320 g/mol. The van der Waals surface area contributed by atoms with Gasteiger partial charge >= 0.3 is 0 Å². The summed E-state index contributed by atoms with van der Waals surface area (Å²) in [5.74, 6) is 2.09. The molecule has 0 aliphatic rings. The van der Waals surface area contributed by atoms with E-state index in [1.54, 1.807) is 6.92 Å². The Morgan fingerprint density at radius 3 is 2.24 bits per heavy atom. The summed E-state index contributed by atoms with van der Waals surface area (Å²) in [6, 6.07) is 7.53. The Hall–Kier alpha value is -2.83. The maximum absolute atomic E-state index is 12.0. The van der Waals surface area contributed by atoms with Gasteiger partial charge in [0.15, 0.2) is 17.4 Å². The number of aryl methyl sites for hydroxylation is 1. The molecule has 0 spiro atoms. The van der Waals surface area contributed by atoms with Gasteiger partial charge in [-0.1, -0.05) is 48.4 Å². The van der Waals surface area contributed by atoms with Gasteiger partial charge in [0.25, 0.3) is 0 Å². The number of benzene rings is 1. The topological polar surface area (TPSA) is 94.9 Å². The standard InChI is InChI=1S/C18H20N4O3/c1-10(2)17(23)14-7-5-13(6-8-14)11(3)18-20-16(22-25-18)9-15-19-12(4)24-21-15/h5-8,10-11H,9H2,1-4H3/t11-/m0/s1. The van der Waals surface area contributed by atoms with Gasteiger partial charge in [-0.3, -0.25) is 4.79 Å². The molecule has 3 aromatic rings. The van der Waals surface area contributed by atoms with Gasteiger partial charge < -0.3 is 9.05 Å². The summed E-state index contributed by atoms with van der Waals surface area (Å²) in [5.41, 5.74) is 1.72. The molecule has 7 heteroatoms. The fourth-order valence-corrected chi connectivity index (χ4v) is 2.48. The van der Waals surface area contributed by atoms with Crippen molar-refractivity contribution in [2.75, 3.05) is 0 Å². The number of rotatable bonds is 6. The molecular formula is C18H20N4O3. The lowest BCUT2D eigenvalue weighted by molar-refractivity contribution is 0.0939. The van der Waals surface area contributed by atoms with Crippen molar-refractivity contribution in [2.45, 2.75) is 40.0 Å². The van der Waals surface area contributed by atoms with E-state index in [1.807, 2.05) is 45.0 Å². The highest BCUT2D eigenvalue weighted by atomic mass is 16.5. The summed E-state index contributed by atoms with van der Waals surface area (Å²) in [5, 5.41) is 7.80. The molecule has 0 bridgehead atoms. The highest BCUT2D eigenvalue weighted by Crippen LogP contribution is 2.24. The van der Waals surface area contributed by atoms with Crippen LogP contribution in [0.1, 0.15) is 66.0 Å². The molecule has 2 heterocycles. The number of nitrogens with zero attached hydrogens (tertiary/aromatic N) is 4. The van der Waals surface area contributed by atoms with Crippen LogP contribution in [0.5, 0.6) is 0 Å². The number of aromatic nitrogens is 4. The fourth-order valence-electron chi connectivity index (χ4n) is 2.48. The number of hydrogen-bond donors (Lipinski definition) is 0. The summed E-state index contributed by atoms with van der Waals surface area (Å²) >= 11 is 0. The second-order valence-corrected chi connectivity index (χ2v) is 6.32. The van der Waals surface area contributed by atoms with Crippen LogP contribution < -0.4 is 0 Å². The lowest BCUT2D eigenvalue weighted by atomic mass is 9.96. The van der Waals surface area contributed by atoms with Crippen LogP contribution in [0.25, 0.3) is 0 Å². The van der Waals surface area contributed by atoms with Crippen molar-refractivity contribution < 1.29 is 13.8 Å². The highest BCUT2D eigenvalue weighted by molar-refractivity contribution is 5.97. The van der Waals surface area contributed by atoms with Gasteiger partial charge in [0, 0.05) is 18.4 Å². The van der Waals surface area contributed by atoms with Gasteiger partial charge in [-0.2, -0.15) is 9.97 Å². The van der Waals surface area contributed by atoms with Gasteiger partial charge in [0.1, 0.15) is 0 Å². The van der Waals surface area contributed by atoms with Crippen LogP contribution >= 0.6 is 0 Å². The molecule has 0 saturated carbocycles. The minimum absolute atomic E-state index is 0.0180. The Labute approximate surface area is 145 Å². The number of ketones is 1. The third-order valence-corrected chi connectivity index (χ3v) is 3.96. The van der Waals surface area contributed by atoms with Crippen molar-refractivity contribution in [2.24, 2.45) is 5.92 Å². The van der Waals surface area contributed by atoms with Crippen molar-refractivity contribution in [3.63, 3.8) is 0 Å². The van der Waals surface area contributed by atoms with E-state index in [0.29, 0.717) is 35.4 Å². The van der Waals surface area contributed by atoms with E-state index in [2.05, 4.69) is 20.3 Å². The largest absolute Gasteiger partial charge is 0.340 e. The zero-order valence-corrected chi connectivity index (χ0v) is 14.7. The molecule has 2 aromatic heterocycles. The molecule has 0 amide bonds. The van der Waals surface area contributed by atoms with Gasteiger partial charge in [-0.05, 0) is 12.5 Å². The zero-order chi connectivity index (χ0) is 18.0. The van der Waals surface area contributed by atoms with Crippen molar-refractivity contribution >= 4 is 5.78 Å². The predicted molar refractivity (Wildman–Crippen MR) is 89.3 cm³/mol. The van der Waals surface area contributed by atoms with E-state index in [9.17, 15) is 4.79 Å². The third-order valence-electron chi connectivity index (χ3n) is 3.96. The minimum atomic E-state index is -0.0727. The summed E-state index contributed by atoms with van der Waals surface area (Å²) in [6.45, 7) is 7.50. The molecule has 0 fully saturated rings. The van der Waals surface area contributed by atoms with E-state index in [0.717, 1.165) is 5.56 Å². The number of carbonyl (C=O) groups excluding carboxylic acids is 1. The van der Waals surface area contributed by atoms with Crippen LogP contribution in [-0.2, 0) is 6.42 Å². The van der Waals surface area contributed by atoms with Crippen molar-refractivity contribution in [3.05, 3.63) is 58.8 Å². The average molecular weight is 340 g/mol. The summed E-state index contributed by atoms with van der Waals surface area (Å²) in [4.78, 5) is 20.6. The van der Waals surface area contributed by atoms with Crippen LogP contribution in [0.2, 0.25) is 0 Å². The third kappa shape index (κ3) is 3.81. The first-order chi connectivity index (χ1) is 11.9. The van der Waals surface area contributed by atoms with Crippen molar-refractivity contribution in [3.8, 4) is 0 Å². The molecule has 0 radical (unpaired) electrons. The van der Waals surface area contributed by atoms with E-state index in [-0.39, 0.29) is 17.6 Å². The number of Topliss-reactive ketones (excluding diaryl/α,β-unsaturated/α-hetero) is 1. The monoisotopic (exact) mass is 340 g/mol. The zero-order valence-electron chi connectivity index (χ0n) is 14.7. The maximum atomic E-state index is 12.0. The van der Waals surface area contributed by atoms with Crippen molar-refractivity contribution in [1.29, 1.82) is 0 Å². The Balaban J connectivity index is 1.72. The molecule has 0 saturated heterocycles. The summed E-state index contributed by atoms with van der Waals surface area (Å²) < 4.78 is 10.3. The fraction of sp³-hybridized carbons (Fsp3) is 0.389. The first kappa shape index (κ1) is 17.0. The summed E-state index contributed by atoms with van der Waals surface area (Å²) in [7, 11) is 0. The first-order valence-corrected chi connectivity index (χ1v) is 8.20. The van der Waals surface area contributed by atoms with Crippen LogP contribution in [0.4, 0.5) is 0 Å². The molecule has 1 atom stereocenters. The normalized spacial score (nSPS) is 12.5. The van der Waals surface area contributed by atoms with Crippen LogP contribution in [0, 0.1) is 12.8 Å². The van der Waals surface area contributed by atoms with Crippen LogP contribution in [0.15, 0.2) is 33.3 Å². The molecule has 3 rings (SSSR count). The lowest BCUT2D eigenvalue weighted by Crippen LogP contribution is -2.07. The van der Waals surface area contributed by atoms with E-state index < -0.39 is 0 Å². The Bertz CT molecular complexity index is 865. The van der Waals surface area contributed by atoms with E-state index in [4.69, 9.17) is 9.05 Å². The van der Waals surface area contributed by atoms with E-state index >= 15 is 0 Å². The van der Waals surface area contributed by atoms with Gasteiger partial charge in [0.2, 0.25) is 11.8 Å². The van der Waals surface area contributed by atoms with Crippen LogP contribution in [0.3, 0.4) is 0 Å². The van der Waals surface area contributed by atoms with Gasteiger partial charge in [0.05, 0.1) is 12.3 Å². The second kappa shape index (κ2) is 6.96. The molecule has 0 unspecified atom stereocenters. The first-order valence-electron chi connectivity index (χ1n) is 8.20. The molecule has 130 valence electrons. The molecule has 0 aliphatic carbocycles. The molecule has 0 N–H and O–H groups in total. The highest BCUT2D eigenvalue weighted by Gasteiger charge is 2.18. The summed E-state index contributed by atoms with van der Waals surface area (Å²) in [6.07, 6.45) is 0.357. The second-order valence-electron chi connectivity index (χ2n) is 6.32. The van der Waals surface area contributed by atoms with E-state index in [1.165, 1.54) is 0 Å². The molecule has 25 heavy (non-hydrogen) atoms. The number of hydrogen-bond acceptors (Lipinski definition) is 7. The minimum Gasteiger partial charge on any atom is -0.340 e. The Morgan fingerprint density at radius 1 is 1.00 bits per heavy atom. The molecule has 0 aliphatic heterocycles. The van der Waals surface area contributed by atoms with Crippen molar-refractivity contribution in [1.82, 2.24) is 20.3 Å². The maximum Gasteiger partial charge on any atom is 0.233 e. The molecule has 7 nitrogen and oxygen atoms in total. The predicted octanol–water partition coefficient (Wildman–Crippen LogP) is 3.34. The SMILES string of the molecule is Cc1nc(Cc2noc([C@@H](C)c3ccc(C(=O)C(C)C)cc3)n2)no1. The Morgan fingerprint density at radius 2 is 1.64 bits per heavy atom. The Kier molecular flexibility index (Phi) is 4.74. The smallest absolute Gasteiger partial charge is 0.233 e. The number of carbonyl (C=O) groups is 1. The lowest BCUT2D eigenvalue weighted by Gasteiger charge is -2.09. The average Bonchev–Trinajstić information content (AvgIpc) is 3.23. The van der Waals surface area contributed by atoms with Gasteiger partial charge in [-0.15, -0.1) is 0 Å². The molecule has 1 aromatic carbocycles. The van der Waals surface area contributed by atoms with Gasteiger partial charge in [-0.25, -0.2) is 0 Å².